The Morgan fingerprint density at radius 1 is 0.962 bits per heavy atom. The highest BCUT2D eigenvalue weighted by Crippen LogP contribution is 2.36. The molecule has 2 aliphatic heterocycles. The van der Waals surface area contributed by atoms with E-state index in [9.17, 15) is 19.6 Å². The maximum Gasteiger partial charge on any atom is 0.264 e. The third kappa shape index (κ3) is 16.4. The lowest BCUT2D eigenvalue weighted by atomic mass is 9.81. The van der Waals surface area contributed by atoms with Crippen molar-refractivity contribution < 1.29 is 42.6 Å². The van der Waals surface area contributed by atoms with Crippen LogP contribution in [0.1, 0.15) is 73.1 Å². The van der Waals surface area contributed by atoms with E-state index in [4.69, 9.17) is 23.7 Å². The van der Waals surface area contributed by atoms with Crippen molar-refractivity contribution in [3.05, 3.63) is 24.3 Å². The first-order valence-electron chi connectivity index (χ1n) is 19.6. The second-order valence-electron chi connectivity index (χ2n) is 14.5. The lowest BCUT2D eigenvalue weighted by Crippen LogP contribution is -2.50. The molecule has 5 unspecified atom stereocenters. The molecule has 5 atom stereocenters. The Labute approximate surface area is 318 Å². The van der Waals surface area contributed by atoms with Gasteiger partial charge in [0.1, 0.15) is 17.9 Å². The van der Waals surface area contributed by atoms with Gasteiger partial charge in [0.05, 0.1) is 72.0 Å². The maximum absolute atomic E-state index is 14.0. The molecule has 0 aliphatic carbocycles. The number of likely N-dealkylation sites (tertiary alicyclic amines) is 1. The van der Waals surface area contributed by atoms with Gasteiger partial charge in [-0.05, 0) is 31.1 Å². The number of nitriles is 1. The third-order valence-electron chi connectivity index (χ3n) is 10.6. The highest BCUT2D eigenvalue weighted by Gasteiger charge is 2.45. The van der Waals surface area contributed by atoms with Crippen molar-refractivity contribution >= 4 is 24.4 Å². The molecular weight excluding hydrogens is 678 g/mol. The van der Waals surface area contributed by atoms with Crippen LogP contribution in [0.5, 0.6) is 0 Å². The quantitative estimate of drug-likeness (QED) is 0.0339. The normalized spacial score (nSPS) is 24.4. The summed E-state index contributed by atoms with van der Waals surface area (Å²) < 4.78 is 29.7. The number of piperidine rings is 1. The Morgan fingerprint density at radius 2 is 1.55 bits per heavy atom. The van der Waals surface area contributed by atoms with Gasteiger partial charge in [-0.1, -0.05) is 33.8 Å². The van der Waals surface area contributed by atoms with Crippen molar-refractivity contribution in [2.75, 3.05) is 92.2 Å². The monoisotopic (exact) mass is 747 g/mol. The van der Waals surface area contributed by atoms with Crippen LogP contribution in [0.4, 0.5) is 0 Å². The number of carbonyl (C=O) groups is 3. The number of hydrogen-bond donors (Lipinski definition) is 2. The highest BCUT2D eigenvalue weighted by molar-refractivity contribution is 5.97. The minimum absolute atomic E-state index is 0.0703. The topological polar surface area (TPSA) is 151 Å². The largest absolute Gasteiger partial charge is 0.377 e. The van der Waals surface area contributed by atoms with Crippen LogP contribution in [0.3, 0.4) is 0 Å². The molecule has 0 radical (unpaired) electrons. The van der Waals surface area contributed by atoms with Gasteiger partial charge < -0.3 is 39.2 Å². The summed E-state index contributed by atoms with van der Waals surface area (Å²) in [4.78, 5) is 39.2. The van der Waals surface area contributed by atoms with Crippen molar-refractivity contribution in [3.8, 4) is 6.07 Å². The molecule has 0 aromatic heterocycles. The molecule has 0 bridgehead atoms. The van der Waals surface area contributed by atoms with E-state index >= 15 is 0 Å². The van der Waals surface area contributed by atoms with Crippen LogP contribution in [-0.4, -0.2) is 138 Å². The molecule has 53 heavy (non-hydrogen) atoms. The highest BCUT2D eigenvalue weighted by atomic mass is 16.6. The minimum atomic E-state index is -0.363. The van der Waals surface area contributed by atoms with Gasteiger partial charge in [0, 0.05) is 64.4 Å². The molecule has 0 spiro atoms. The number of rotatable bonds is 26. The van der Waals surface area contributed by atoms with E-state index < -0.39 is 0 Å². The molecule has 0 aromatic rings. The zero-order valence-electron chi connectivity index (χ0n) is 33.2. The summed E-state index contributed by atoms with van der Waals surface area (Å²) in [6, 6.07) is 2.17. The maximum atomic E-state index is 14.0. The summed E-state index contributed by atoms with van der Waals surface area (Å²) in [5, 5.41) is 15.8. The van der Waals surface area contributed by atoms with E-state index in [2.05, 4.69) is 68.7 Å². The van der Waals surface area contributed by atoms with Crippen LogP contribution in [0.15, 0.2) is 24.3 Å². The molecule has 2 heterocycles. The van der Waals surface area contributed by atoms with Crippen molar-refractivity contribution in [3.63, 3.8) is 0 Å². The van der Waals surface area contributed by atoms with Crippen LogP contribution in [0.25, 0.3) is 0 Å². The number of hydrogen-bond acceptors (Lipinski definition) is 9. The molecule has 13 nitrogen and oxygen atoms in total. The molecule has 13 heteroatoms. The van der Waals surface area contributed by atoms with Crippen LogP contribution >= 0.6 is 0 Å². The van der Waals surface area contributed by atoms with E-state index in [0.29, 0.717) is 104 Å². The molecular formula is C40H68N5O8+. The Morgan fingerprint density at radius 3 is 2.08 bits per heavy atom. The first kappa shape index (κ1) is 46.0. The van der Waals surface area contributed by atoms with Gasteiger partial charge in [0.2, 0.25) is 12.3 Å². The molecule has 2 N–H and O–H groups in total. The molecule has 300 valence electrons. The first-order valence-corrected chi connectivity index (χ1v) is 19.6. The second-order valence-corrected chi connectivity index (χ2v) is 14.5. The molecule has 0 saturated carbocycles. The Balaban J connectivity index is 1.79. The van der Waals surface area contributed by atoms with Gasteiger partial charge in [0.15, 0.2) is 11.6 Å². The average Bonchev–Trinajstić information content (AvgIpc) is 3.27. The number of amides is 3. The molecule has 2 rings (SSSR count). The number of allylic oxidation sites excluding steroid dienone is 1. The summed E-state index contributed by atoms with van der Waals surface area (Å²) in [6.45, 7) is 20.9. The summed E-state index contributed by atoms with van der Waals surface area (Å²) >= 11 is 0. The van der Waals surface area contributed by atoms with Crippen LogP contribution in [0.2, 0.25) is 0 Å². The zero-order valence-corrected chi connectivity index (χ0v) is 33.2. The Hall–Kier alpha value is -3.15. The summed E-state index contributed by atoms with van der Waals surface area (Å²) in [5.74, 6) is 0.140. The van der Waals surface area contributed by atoms with Crippen LogP contribution in [-0.2, 0) is 38.1 Å². The second kappa shape index (κ2) is 26.6. The van der Waals surface area contributed by atoms with Crippen molar-refractivity contribution in [1.82, 2.24) is 15.5 Å². The van der Waals surface area contributed by atoms with Gasteiger partial charge in [-0.15, -0.1) is 6.58 Å². The molecule has 0 aromatic carbocycles. The van der Waals surface area contributed by atoms with E-state index in [0.717, 1.165) is 32.1 Å². The Bertz CT molecular complexity index is 1200. The minimum Gasteiger partial charge on any atom is -0.377 e. The summed E-state index contributed by atoms with van der Waals surface area (Å²) in [6.07, 6.45) is 11.9. The smallest absolute Gasteiger partial charge is 0.264 e. The van der Waals surface area contributed by atoms with E-state index in [1.54, 1.807) is 4.90 Å². The SMILES string of the molecule is C=CCC=[N+]1C(/C=C(\C#N)C(=O)N2CC(C(=O)NCCOCCOCCOCCOCCOCCNC=O)CC(C(C)C)C2)CCCC(C)C1(C)CC. The molecule has 2 aliphatic rings. The van der Waals surface area contributed by atoms with Crippen LogP contribution in [0, 0.1) is 35.0 Å². The summed E-state index contributed by atoms with van der Waals surface area (Å²) in [7, 11) is 0. The summed E-state index contributed by atoms with van der Waals surface area (Å²) in [5.41, 5.74) is 0.0540. The molecule has 2 fully saturated rings. The van der Waals surface area contributed by atoms with Gasteiger partial charge in [-0.2, -0.15) is 5.26 Å². The number of ether oxygens (including phenoxy) is 5. The fourth-order valence-electron chi connectivity index (χ4n) is 7.00. The van der Waals surface area contributed by atoms with Gasteiger partial charge in [-0.25, -0.2) is 4.58 Å². The van der Waals surface area contributed by atoms with E-state index in [1.807, 2.05) is 12.2 Å². The lowest BCUT2D eigenvalue weighted by molar-refractivity contribution is -0.631. The standard InChI is InChI=1S/C40H67N5O8/c1-7-9-15-45-37(12-10-11-33(5)40(45,6)8-2)27-34(28-41)39(48)44-29-35(32(3)4)26-36(30-44)38(47)43-14-17-50-19-21-52-23-25-53-24-22-51-20-18-49-16-13-42-31-46/h7,15,27,31-33,35-37H,1,8-14,16-26,29-30H2,2-6H3,(H-,42,43,46,47)/p+1/b34-27+,45-15?. The van der Waals surface area contributed by atoms with Gasteiger partial charge >= 0.3 is 0 Å². The van der Waals surface area contributed by atoms with Gasteiger partial charge in [0.25, 0.3) is 5.91 Å². The average molecular weight is 747 g/mol. The number of nitrogens with zero attached hydrogens (tertiary/aromatic N) is 3. The predicted molar refractivity (Wildman–Crippen MR) is 205 cm³/mol. The fraction of sp³-hybridized carbons (Fsp3) is 0.775. The van der Waals surface area contributed by atoms with Crippen molar-refractivity contribution in [2.45, 2.75) is 84.7 Å². The lowest BCUT2D eigenvalue weighted by Gasteiger charge is -2.39. The van der Waals surface area contributed by atoms with Crippen molar-refractivity contribution in [1.29, 1.82) is 5.26 Å². The van der Waals surface area contributed by atoms with E-state index in [-0.39, 0.29) is 53.3 Å². The first-order chi connectivity index (χ1) is 25.6. The van der Waals surface area contributed by atoms with Gasteiger partial charge in [-0.3, -0.25) is 14.4 Å². The fourth-order valence-corrected chi connectivity index (χ4v) is 7.00. The predicted octanol–water partition coefficient (Wildman–Crippen LogP) is 3.52. The molecule has 2 saturated heterocycles. The number of carbonyl (C=O) groups excluding carboxylic acids is 3. The van der Waals surface area contributed by atoms with E-state index in [1.165, 1.54) is 0 Å². The number of nitrogens with one attached hydrogen (secondary N) is 2. The van der Waals surface area contributed by atoms with Crippen molar-refractivity contribution in [2.24, 2.45) is 23.7 Å². The Kier molecular flexibility index (Phi) is 23.1. The van der Waals surface area contributed by atoms with Crippen LogP contribution < -0.4 is 10.6 Å². The molecule has 3 amide bonds. The zero-order chi connectivity index (χ0) is 38.9. The third-order valence-corrected chi connectivity index (χ3v) is 10.6.